The van der Waals surface area contributed by atoms with Crippen LogP contribution < -0.4 is 0 Å². The van der Waals surface area contributed by atoms with Crippen molar-refractivity contribution in [2.45, 2.75) is 13.0 Å². The molecule has 0 aliphatic heterocycles. The minimum Gasteiger partial charge on any atom is -0.508 e. The van der Waals surface area contributed by atoms with Gasteiger partial charge in [0.05, 0.1) is 5.56 Å². The molecule has 23 heavy (non-hydrogen) atoms. The summed E-state index contributed by atoms with van der Waals surface area (Å²) in [6.07, 6.45) is -0.679. The number of hydrogen-bond acceptors (Lipinski definition) is 6. The topological polar surface area (TPSA) is 85.5 Å². The van der Waals surface area contributed by atoms with Crippen LogP contribution in [0.25, 0.3) is 11.5 Å². The number of carbonyl (C=O) groups is 1. The Balaban J connectivity index is 1.71. The van der Waals surface area contributed by atoms with E-state index in [9.17, 15) is 9.90 Å². The molecule has 0 amide bonds. The summed E-state index contributed by atoms with van der Waals surface area (Å²) >= 11 is 0. The SMILES string of the molecule is CC(OC(=O)c1ccc(O)cc1)c1nnc(-c2ccccc2)o1. The molecule has 6 nitrogen and oxygen atoms in total. The van der Waals surface area contributed by atoms with Crippen LogP contribution in [0, 0.1) is 0 Å². The van der Waals surface area contributed by atoms with Gasteiger partial charge in [-0.2, -0.15) is 0 Å². The second-order valence-electron chi connectivity index (χ2n) is 4.91. The van der Waals surface area contributed by atoms with Gasteiger partial charge in [-0.15, -0.1) is 10.2 Å². The van der Waals surface area contributed by atoms with Gasteiger partial charge in [-0.25, -0.2) is 4.79 Å². The Labute approximate surface area is 132 Å². The summed E-state index contributed by atoms with van der Waals surface area (Å²) in [4.78, 5) is 12.0. The first kappa shape index (κ1) is 14.8. The minimum absolute atomic E-state index is 0.0824. The summed E-state index contributed by atoms with van der Waals surface area (Å²) in [6, 6.07) is 15.1. The third-order valence-corrected chi connectivity index (χ3v) is 3.20. The lowest BCUT2D eigenvalue weighted by atomic mass is 10.2. The first-order chi connectivity index (χ1) is 11.1. The number of nitrogens with zero attached hydrogens (tertiary/aromatic N) is 2. The Morgan fingerprint density at radius 3 is 2.48 bits per heavy atom. The molecule has 3 aromatic rings. The summed E-state index contributed by atoms with van der Waals surface area (Å²) in [5.74, 6) is 0.139. The highest BCUT2D eigenvalue weighted by Gasteiger charge is 2.19. The molecule has 2 aromatic carbocycles. The number of phenolic OH excluding ortho intramolecular Hbond substituents is 1. The third kappa shape index (κ3) is 3.37. The predicted molar refractivity (Wildman–Crippen MR) is 81.7 cm³/mol. The predicted octanol–water partition coefficient (Wildman–Crippen LogP) is 3.36. The molecule has 0 aliphatic carbocycles. The summed E-state index contributed by atoms with van der Waals surface area (Å²) in [7, 11) is 0. The summed E-state index contributed by atoms with van der Waals surface area (Å²) < 4.78 is 10.8. The number of hydrogen-bond donors (Lipinski definition) is 1. The minimum atomic E-state index is -0.679. The maximum Gasteiger partial charge on any atom is 0.338 e. The van der Waals surface area contributed by atoms with Crippen molar-refractivity contribution < 1.29 is 19.1 Å². The summed E-state index contributed by atoms with van der Waals surface area (Å²) in [5, 5.41) is 17.1. The molecule has 0 bridgehead atoms. The van der Waals surface area contributed by atoms with Gasteiger partial charge < -0.3 is 14.3 Å². The molecule has 0 aliphatic rings. The second kappa shape index (κ2) is 6.31. The van der Waals surface area contributed by atoms with Crippen LogP contribution in [-0.4, -0.2) is 21.3 Å². The fourth-order valence-corrected chi connectivity index (χ4v) is 1.97. The smallest absolute Gasteiger partial charge is 0.338 e. The Morgan fingerprint density at radius 2 is 1.78 bits per heavy atom. The highest BCUT2D eigenvalue weighted by Crippen LogP contribution is 2.23. The molecule has 0 spiro atoms. The van der Waals surface area contributed by atoms with Crippen LogP contribution in [-0.2, 0) is 4.74 Å². The fraction of sp³-hybridized carbons (Fsp3) is 0.118. The molecular weight excluding hydrogens is 296 g/mol. The van der Waals surface area contributed by atoms with Gasteiger partial charge in [0, 0.05) is 5.56 Å². The van der Waals surface area contributed by atoms with Crippen LogP contribution in [0.4, 0.5) is 0 Å². The molecule has 1 aromatic heterocycles. The van der Waals surface area contributed by atoms with E-state index in [2.05, 4.69) is 10.2 Å². The highest BCUT2D eigenvalue weighted by atomic mass is 16.6. The molecule has 1 N–H and O–H groups in total. The number of phenols is 1. The molecule has 6 heteroatoms. The molecule has 0 saturated carbocycles. The monoisotopic (exact) mass is 310 g/mol. The molecule has 0 saturated heterocycles. The number of benzene rings is 2. The van der Waals surface area contributed by atoms with Crippen molar-refractivity contribution in [3.8, 4) is 17.2 Å². The van der Waals surface area contributed by atoms with Crippen LogP contribution in [0.15, 0.2) is 59.0 Å². The maximum absolute atomic E-state index is 12.0. The number of rotatable bonds is 4. The summed E-state index contributed by atoms with van der Waals surface area (Å²) in [6.45, 7) is 1.65. The Hall–Kier alpha value is -3.15. The molecule has 1 unspecified atom stereocenters. The Morgan fingerprint density at radius 1 is 1.09 bits per heavy atom. The largest absolute Gasteiger partial charge is 0.508 e. The van der Waals surface area contributed by atoms with Gasteiger partial charge in [0.2, 0.25) is 5.89 Å². The zero-order valence-electron chi connectivity index (χ0n) is 12.3. The number of ether oxygens (including phenoxy) is 1. The van der Waals surface area contributed by atoms with E-state index in [1.807, 2.05) is 30.3 Å². The zero-order chi connectivity index (χ0) is 16.2. The number of aromatic nitrogens is 2. The van der Waals surface area contributed by atoms with Crippen molar-refractivity contribution in [3.05, 3.63) is 66.1 Å². The lowest BCUT2D eigenvalue weighted by Crippen LogP contribution is -2.09. The average molecular weight is 310 g/mol. The Kier molecular flexibility index (Phi) is 4.05. The van der Waals surface area contributed by atoms with Crippen molar-refractivity contribution in [1.29, 1.82) is 0 Å². The maximum atomic E-state index is 12.0. The van der Waals surface area contributed by atoms with Gasteiger partial charge in [-0.05, 0) is 43.3 Å². The Bertz CT molecular complexity index is 797. The molecule has 1 heterocycles. The average Bonchev–Trinajstić information content (AvgIpc) is 3.06. The quantitative estimate of drug-likeness (QED) is 0.744. The van der Waals surface area contributed by atoms with Gasteiger partial charge in [-0.3, -0.25) is 0 Å². The van der Waals surface area contributed by atoms with Gasteiger partial charge in [0.25, 0.3) is 5.89 Å². The van der Waals surface area contributed by atoms with Gasteiger partial charge in [0.1, 0.15) is 5.75 Å². The van der Waals surface area contributed by atoms with E-state index < -0.39 is 12.1 Å². The van der Waals surface area contributed by atoms with E-state index in [4.69, 9.17) is 9.15 Å². The van der Waals surface area contributed by atoms with Gasteiger partial charge in [-0.1, -0.05) is 18.2 Å². The fourth-order valence-electron chi connectivity index (χ4n) is 1.97. The second-order valence-corrected chi connectivity index (χ2v) is 4.91. The normalized spacial score (nSPS) is 11.9. The van der Waals surface area contributed by atoms with Crippen LogP contribution in [0.1, 0.15) is 29.3 Å². The van der Waals surface area contributed by atoms with Gasteiger partial charge >= 0.3 is 5.97 Å². The molecule has 0 fully saturated rings. The van der Waals surface area contributed by atoms with Crippen LogP contribution in [0.3, 0.4) is 0 Å². The lowest BCUT2D eigenvalue weighted by Gasteiger charge is -2.09. The van der Waals surface area contributed by atoms with Gasteiger partial charge in [0.15, 0.2) is 6.10 Å². The standard InChI is InChI=1S/C17H14N2O4/c1-11(22-17(21)13-7-9-14(20)10-8-13)15-18-19-16(23-15)12-5-3-2-4-6-12/h2-11,20H,1H3. The van der Waals surface area contributed by atoms with E-state index in [0.717, 1.165) is 5.56 Å². The van der Waals surface area contributed by atoms with Crippen molar-refractivity contribution in [3.63, 3.8) is 0 Å². The first-order valence-electron chi connectivity index (χ1n) is 7.02. The van der Waals surface area contributed by atoms with E-state index in [1.165, 1.54) is 24.3 Å². The highest BCUT2D eigenvalue weighted by molar-refractivity contribution is 5.89. The number of carbonyl (C=O) groups excluding carboxylic acids is 1. The molecule has 116 valence electrons. The number of aromatic hydroxyl groups is 1. The van der Waals surface area contributed by atoms with Crippen molar-refractivity contribution in [2.24, 2.45) is 0 Å². The first-order valence-corrected chi connectivity index (χ1v) is 7.02. The van der Waals surface area contributed by atoms with Crippen LogP contribution in [0.2, 0.25) is 0 Å². The van der Waals surface area contributed by atoms with E-state index in [1.54, 1.807) is 6.92 Å². The summed E-state index contributed by atoms with van der Waals surface area (Å²) in [5.41, 5.74) is 1.13. The van der Waals surface area contributed by atoms with E-state index in [0.29, 0.717) is 11.5 Å². The molecule has 3 rings (SSSR count). The van der Waals surface area contributed by atoms with E-state index >= 15 is 0 Å². The third-order valence-electron chi connectivity index (χ3n) is 3.20. The zero-order valence-corrected chi connectivity index (χ0v) is 12.3. The van der Waals surface area contributed by atoms with Crippen molar-refractivity contribution in [2.75, 3.05) is 0 Å². The van der Waals surface area contributed by atoms with E-state index in [-0.39, 0.29) is 11.6 Å². The molecular formula is C17H14N2O4. The van der Waals surface area contributed by atoms with Crippen LogP contribution in [0.5, 0.6) is 5.75 Å². The number of esters is 1. The lowest BCUT2D eigenvalue weighted by molar-refractivity contribution is 0.0280. The van der Waals surface area contributed by atoms with Crippen molar-refractivity contribution >= 4 is 5.97 Å². The van der Waals surface area contributed by atoms with Crippen molar-refractivity contribution in [1.82, 2.24) is 10.2 Å². The molecule has 1 atom stereocenters. The van der Waals surface area contributed by atoms with Crippen LogP contribution >= 0.6 is 0 Å². The molecule has 0 radical (unpaired) electrons.